The van der Waals surface area contributed by atoms with E-state index in [0.717, 1.165) is 11.1 Å². The summed E-state index contributed by atoms with van der Waals surface area (Å²) in [7, 11) is 0. The van der Waals surface area contributed by atoms with Crippen molar-refractivity contribution in [1.29, 1.82) is 0 Å². The second kappa shape index (κ2) is 6.80. The maximum atomic E-state index is 12.7. The van der Waals surface area contributed by atoms with Crippen molar-refractivity contribution in [3.05, 3.63) is 52.8 Å². The number of tetrazole rings is 1. The van der Waals surface area contributed by atoms with Crippen molar-refractivity contribution < 1.29 is 9.59 Å². The molecule has 0 aliphatic carbocycles. The first-order valence-corrected chi connectivity index (χ1v) is 8.10. The number of nitrogens with zero attached hydrogens (tertiary/aromatic N) is 4. The van der Waals surface area contributed by atoms with Gasteiger partial charge in [-0.1, -0.05) is 37.3 Å². The Bertz CT molecular complexity index is 924. The highest BCUT2D eigenvalue weighted by atomic mass is 16.1. The number of hydrogen-bond acceptors (Lipinski definition) is 5. The number of H-pyrrole nitrogens is 1. The zero-order chi connectivity index (χ0) is 18.0. The molecule has 0 amide bonds. The molecule has 0 radical (unpaired) electrons. The molecule has 128 valence electrons. The molecule has 0 saturated carbocycles. The molecule has 0 aliphatic heterocycles. The molecule has 0 atom stereocenters. The van der Waals surface area contributed by atoms with Gasteiger partial charge in [0.05, 0.1) is 5.69 Å². The number of carbonyl (C=O) groups excluding carboxylic acids is 2. The summed E-state index contributed by atoms with van der Waals surface area (Å²) in [6.07, 6.45) is 0.598. The van der Waals surface area contributed by atoms with Crippen LogP contribution in [0.5, 0.6) is 0 Å². The molecule has 0 saturated heterocycles. The van der Waals surface area contributed by atoms with Crippen molar-refractivity contribution in [2.45, 2.75) is 33.7 Å². The topological polar surface area (TPSA) is 93.5 Å². The van der Waals surface area contributed by atoms with Gasteiger partial charge in [-0.05, 0) is 31.0 Å². The minimum absolute atomic E-state index is 0.0376. The highest BCUT2D eigenvalue weighted by Gasteiger charge is 2.22. The maximum Gasteiger partial charge on any atom is 0.204 e. The molecule has 7 heteroatoms. The van der Waals surface area contributed by atoms with Gasteiger partial charge in [0.2, 0.25) is 11.6 Å². The van der Waals surface area contributed by atoms with Crippen molar-refractivity contribution in [2.75, 3.05) is 0 Å². The van der Waals surface area contributed by atoms with E-state index in [4.69, 9.17) is 0 Å². The van der Waals surface area contributed by atoms with Crippen LogP contribution in [0.25, 0.3) is 11.4 Å². The Balaban J connectivity index is 1.85. The summed E-state index contributed by atoms with van der Waals surface area (Å²) >= 11 is 0. The molecule has 1 aromatic carbocycles. The number of benzene rings is 1. The standard InChI is InChI=1S/C18H19N5O2/c1-4-14-16(12(3)24)11(2)19-17(14)15(25)10-23-21-18(20-22-23)13-8-6-5-7-9-13/h5-9,19H,4,10H2,1-3H3. The zero-order valence-corrected chi connectivity index (χ0v) is 14.4. The van der Waals surface area contributed by atoms with Crippen molar-refractivity contribution in [2.24, 2.45) is 0 Å². The van der Waals surface area contributed by atoms with Gasteiger partial charge in [0.15, 0.2) is 5.78 Å². The molecule has 0 fully saturated rings. The van der Waals surface area contributed by atoms with E-state index < -0.39 is 0 Å². The highest BCUT2D eigenvalue weighted by Crippen LogP contribution is 2.21. The van der Waals surface area contributed by atoms with Crippen LogP contribution in [-0.2, 0) is 13.0 Å². The molecule has 7 nitrogen and oxygen atoms in total. The Morgan fingerprint density at radius 3 is 2.56 bits per heavy atom. The molecule has 3 rings (SSSR count). The van der Waals surface area contributed by atoms with E-state index in [-0.39, 0.29) is 18.1 Å². The van der Waals surface area contributed by atoms with Gasteiger partial charge in [0, 0.05) is 16.8 Å². The Morgan fingerprint density at radius 1 is 1.20 bits per heavy atom. The van der Waals surface area contributed by atoms with Gasteiger partial charge >= 0.3 is 0 Å². The average Bonchev–Trinajstić information content (AvgIpc) is 3.19. The molecular weight excluding hydrogens is 318 g/mol. The number of Topliss-reactive ketones (excluding diaryl/α,β-unsaturated/α-hetero) is 2. The van der Waals surface area contributed by atoms with Crippen LogP contribution in [0.4, 0.5) is 0 Å². The van der Waals surface area contributed by atoms with Crippen LogP contribution in [0, 0.1) is 6.92 Å². The summed E-state index contributed by atoms with van der Waals surface area (Å²) in [4.78, 5) is 28.8. The highest BCUT2D eigenvalue weighted by molar-refractivity contribution is 6.03. The van der Waals surface area contributed by atoms with Crippen molar-refractivity contribution in [3.8, 4) is 11.4 Å². The van der Waals surface area contributed by atoms with Crippen LogP contribution in [-0.4, -0.2) is 36.8 Å². The van der Waals surface area contributed by atoms with E-state index in [1.165, 1.54) is 11.7 Å². The van der Waals surface area contributed by atoms with E-state index in [2.05, 4.69) is 20.4 Å². The quantitative estimate of drug-likeness (QED) is 0.698. The zero-order valence-electron chi connectivity index (χ0n) is 14.4. The van der Waals surface area contributed by atoms with Crippen LogP contribution in [0.15, 0.2) is 30.3 Å². The van der Waals surface area contributed by atoms with E-state index in [0.29, 0.717) is 29.2 Å². The van der Waals surface area contributed by atoms with Crippen molar-refractivity contribution >= 4 is 11.6 Å². The Morgan fingerprint density at radius 2 is 1.92 bits per heavy atom. The Hall–Kier alpha value is -3.09. The van der Waals surface area contributed by atoms with Gasteiger partial charge in [-0.25, -0.2) is 0 Å². The second-order valence-corrected chi connectivity index (χ2v) is 5.82. The molecule has 0 unspecified atom stereocenters. The smallest absolute Gasteiger partial charge is 0.204 e. The second-order valence-electron chi connectivity index (χ2n) is 5.82. The minimum Gasteiger partial charge on any atom is -0.355 e. The molecule has 1 N–H and O–H groups in total. The first-order valence-electron chi connectivity index (χ1n) is 8.10. The predicted octanol–water partition coefficient (Wildman–Crippen LogP) is 2.62. The monoisotopic (exact) mass is 337 g/mol. The first kappa shape index (κ1) is 16.8. The fourth-order valence-corrected chi connectivity index (χ4v) is 2.97. The van der Waals surface area contributed by atoms with E-state index in [1.54, 1.807) is 6.92 Å². The average molecular weight is 337 g/mol. The lowest BCUT2D eigenvalue weighted by molar-refractivity contribution is 0.0956. The van der Waals surface area contributed by atoms with E-state index >= 15 is 0 Å². The summed E-state index contributed by atoms with van der Waals surface area (Å²) in [5.74, 6) is 0.246. The van der Waals surface area contributed by atoms with Crippen LogP contribution in [0.1, 0.15) is 46.0 Å². The molecule has 2 heterocycles. The summed E-state index contributed by atoms with van der Waals surface area (Å²) in [5, 5.41) is 12.2. The third-order valence-corrected chi connectivity index (χ3v) is 4.05. The molecular formula is C18H19N5O2. The lowest BCUT2D eigenvalue weighted by atomic mass is 10.0. The fourth-order valence-electron chi connectivity index (χ4n) is 2.97. The van der Waals surface area contributed by atoms with Gasteiger partial charge in [-0.3, -0.25) is 9.59 Å². The minimum atomic E-state index is -0.176. The number of hydrogen-bond donors (Lipinski definition) is 1. The van der Waals surface area contributed by atoms with E-state index in [9.17, 15) is 9.59 Å². The molecule has 0 spiro atoms. The van der Waals surface area contributed by atoms with Crippen molar-refractivity contribution in [3.63, 3.8) is 0 Å². The summed E-state index contributed by atoms with van der Waals surface area (Å²) in [6, 6.07) is 9.45. The van der Waals surface area contributed by atoms with Crippen LogP contribution in [0.3, 0.4) is 0 Å². The van der Waals surface area contributed by atoms with E-state index in [1.807, 2.05) is 37.3 Å². The fraction of sp³-hybridized carbons (Fsp3) is 0.278. The van der Waals surface area contributed by atoms with Gasteiger partial charge in [0.1, 0.15) is 6.54 Å². The number of rotatable bonds is 6. The summed E-state index contributed by atoms with van der Waals surface area (Å²) < 4.78 is 0. The number of aromatic nitrogens is 5. The van der Waals surface area contributed by atoms with Crippen molar-refractivity contribution in [1.82, 2.24) is 25.2 Å². The number of aryl methyl sites for hydroxylation is 1. The van der Waals surface area contributed by atoms with Crippen LogP contribution >= 0.6 is 0 Å². The SMILES string of the molecule is CCc1c(C(=O)Cn2nnc(-c3ccccc3)n2)[nH]c(C)c1C(C)=O. The molecule has 3 aromatic rings. The molecule has 0 bridgehead atoms. The number of nitrogens with one attached hydrogen (secondary N) is 1. The van der Waals surface area contributed by atoms with Crippen LogP contribution < -0.4 is 0 Å². The third kappa shape index (κ3) is 3.26. The number of carbonyl (C=O) groups is 2. The molecule has 25 heavy (non-hydrogen) atoms. The van der Waals surface area contributed by atoms with Gasteiger partial charge in [0.25, 0.3) is 0 Å². The molecule has 2 aromatic heterocycles. The first-order chi connectivity index (χ1) is 12.0. The largest absolute Gasteiger partial charge is 0.355 e. The molecule has 0 aliphatic rings. The number of ketones is 2. The summed E-state index contributed by atoms with van der Waals surface area (Å²) in [6.45, 7) is 5.19. The maximum absolute atomic E-state index is 12.7. The lowest BCUT2D eigenvalue weighted by Gasteiger charge is -2.02. The summed E-state index contributed by atoms with van der Waals surface area (Å²) in [5.41, 5.74) is 3.35. The van der Waals surface area contributed by atoms with Gasteiger partial charge in [-0.2, -0.15) is 4.80 Å². The van der Waals surface area contributed by atoms with Gasteiger partial charge < -0.3 is 4.98 Å². The Labute approximate surface area is 145 Å². The van der Waals surface area contributed by atoms with Crippen LogP contribution in [0.2, 0.25) is 0 Å². The lowest BCUT2D eigenvalue weighted by Crippen LogP contribution is -2.15. The number of aromatic amines is 1. The predicted molar refractivity (Wildman–Crippen MR) is 92.5 cm³/mol. The third-order valence-electron chi connectivity index (χ3n) is 4.05. The normalized spacial score (nSPS) is 10.8. The van der Waals surface area contributed by atoms with Gasteiger partial charge in [-0.15, -0.1) is 10.2 Å². The Kier molecular flexibility index (Phi) is 4.56.